The van der Waals surface area contributed by atoms with Gasteiger partial charge in [-0.15, -0.1) is 0 Å². The standard InChI is InChI=1S/C24H25ClN2OS/c1-16-7-8-17(2)23(13-16)29-22-11-9-21(10-12-22)27-24(28)15-26-18(3)19-5-4-6-20(25)14-19/h4-14,18,26H,15H2,1-3H3,(H,27,28)/t18-/m0/s1. The molecule has 5 heteroatoms. The number of rotatable bonds is 7. The van der Waals surface area contributed by atoms with Crippen LogP contribution in [-0.4, -0.2) is 12.5 Å². The second kappa shape index (κ2) is 9.97. The van der Waals surface area contributed by atoms with Gasteiger partial charge in [-0.2, -0.15) is 0 Å². The topological polar surface area (TPSA) is 41.1 Å². The quantitative estimate of drug-likeness (QED) is 0.461. The Kier molecular flexibility index (Phi) is 7.37. The molecule has 1 amide bonds. The van der Waals surface area contributed by atoms with Crippen molar-refractivity contribution >= 4 is 35.0 Å². The number of benzene rings is 3. The predicted molar refractivity (Wildman–Crippen MR) is 123 cm³/mol. The number of hydrogen-bond donors (Lipinski definition) is 2. The number of halogens is 1. The van der Waals surface area contributed by atoms with Gasteiger partial charge in [0.05, 0.1) is 6.54 Å². The summed E-state index contributed by atoms with van der Waals surface area (Å²) in [5, 5.41) is 6.86. The molecule has 1 atom stereocenters. The summed E-state index contributed by atoms with van der Waals surface area (Å²) in [6.07, 6.45) is 0. The van der Waals surface area contributed by atoms with E-state index >= 15 is 0 Å². The van der Waals surface area contributed by atoms with Crippen molar-refractivity contribution in [1.82, 2.24) is 5.32 Å². The zero-order valence-corrected chi connectivity index (χ0v) is 18.4. The number of carbonyl (C=O) groups is 1. The van der Waals surface area contributed by atoms with Gasteiger partial charge in [0.25, 0.3) is 0 Å². The Morgan fingerprint density at radius 2 is 1.79 bits per heavy atom. The Morgan fingerprint density at radius 1 is 1.03 bits per heavy atom. The highest BCUT2D eigenvalue weighted by atomic mass is 35.5. The third-order valence-corrected chi connectivity index (χ3v) is 6.03. The fraction of sp³-hybridized carbons (Fsp3) is 0.208. The first-order valence-corrected chi connectivity index (χ1v) is 10.7. The molecule has 0 bridgehead atoms. The van der Waals surface area contributed by atoms with E-state index in [0.717, 1.165) is 16.1 Å². The van der Waals surface area contributed by atoms with Crippen LogP contribution < -0.4 is 10.6 Å². The van der Waals surface area contributed by atoms with Crippen LogP contribution in [0.5, 0.6) is 0 Å². The maximum Gasteiger partial charge on any atom is 0.238 e. The van der Waals surface area contributed by atoms with Gasteiger partial charge in [-0.05, 0) is 79.9 Å². The van der Waals surface area contributed by atoms with E-state index in [2.05, 4.69) is 42.7 Å². The largest absolute Gasteiger partial charge is 0.325 e. The van der Waals surface area contributed by atoms with Gasteiger partial charge in [-0.25, -0.2) is 0 Å². The third kappa shape index (κ3) is 6.36. The summed E-state index contributed by atoms with van der Waals surface area (Å²) < 4.78 is 0. The number of aryl methyl sites for hydroxylation is 2. The third-order valence-electron chi connectivity index (χ3n) is 4.63. The minimum atomic E-state index is -0.0752. The van der Waals surface area contributed by atoms with Crippen LogP contribution in [0.25, 0.3) is 0 Å². The van der Waals surface area contributed by atoms with Crippen molar-refractivity contribution in [2.45, 2.75) is 36.6 Å². The van der Waals surface area contributed by atoms with Crippen LogP contribution in [0, 0.1) is 13.8 Å². The highest BCUT2D eigenvalue weighted by molar-refractivity contribution is 7.99. The van der Waals surface area contributed by atoms with E-state index < -0.39 is 0 Å². The second-order valence-corrected chi connectivity index (χ2v) is 8.65. The molecule has 2 N–H and O–H groups in total. The van der Waals surface area contributed by atoms with Crippen LogP contribution in [0.4, 0.5) is 5.69 Å². The van der Waals surface area contributed by atoms with Gasteiger partial charge in [0.15, 0.2) is 0 Å². The van der Waals surface area contributed by atoms with Gasteiger partial charge in [0, 0.05) is 26.5 Å². The van der Waals surface area contributed by atoms with Crippen LogP contribution in [0.15, 0.2) is 76.5 Å². The Labute approximate surface area is 181 Å². The molecule has 0 unspecified atom stereocenters. The summed E-state index contributed by atoms with van der Waals surface area (Å²) in [5.74, 6) is -0.0752. The Bertz CT molecular complexity index is 988. The summed E-state index contributed by atoms with van der Waals surface area (Å²) >= 11 is 7.76. The average Bonchev–Trinajstić information content (AvgIpc) is 2.70. The molecular weight excluding hydrogens is 400 g/mol. The molecule has 0 aromatic heterocycles. The molecule has 3 aromatic rings. The first-order valence-electron chi connectivity index (χ1n) is 9.54. The molecular formula is C24H25ClN2OS. The van der Waals surface area contributed by atoms with Crippen LogP contribution in [-0.2, 0) is 4.79 Å². The molecule has 3 rings (SSSR count). The lowest BCUT2D eigenvalue weighted by Gasteiger charge is -2.14. The molecule has 0 aliphatic carbocycles. The molecule has 150 valence electrons. The second-order valence-electron chi connectivity index (χ2n) is 7.10. The van der Waals surface area contributed by atoms with Crippen LogP contribution in [0.3, 0.4) is 0 Å². The summed E-state index contributed by atoms with van der Waals surface area (Å²) in [7, 11) is 0. The van der Waals surface area contributed by atoms with Crippen molar-refractivity contribution < 1.29 is 4.79 Å². The van der Waals surface area contributed by atoms with Crippen LogP contribution in [0.2, 0.25) is 5.02 Å². The number of nitrogens with one attached hydrogen (secondary N) is 2. The monoisotopic (exact) mass is 424 g/mol. The normalized spacial score (nSPS) is 11.9. The van der Waals surface area contributed by atoms with Gasteiger partial charge in [-0.1, -0.05) is 47.6 Å². The fourth-order valence-electron chi connectivity index (χ4n) is 2.90. The first-order chi connectivity index (χ1) is 13.9. The molecule has 0 aliphatic rings. The molecule has 0 fully saturated rings. The van der Waals surface area contributed by atoms with E-state index in [-0.39, 0.29) is 18.5 Å². The molecule has 0 radical (unpaired) electrons. The van der Waals surface area contributed by atoms with E-state index in [1.807, 2.05) is 55.5 Å². The van der Waals surface area contributed by atoms with E-state index in [1.165, 1.54) is 16.0 Å². The van der Waals surface area contributed by atoms with E-state index in [4.69, 9.17) is 11.6 Å². The minimum absolute atomic E-state index is 0.0378. The zero-order chi connectivity index (χ0) is 20.8. The summed E-state index contributed by atoms with van der Waals surface area (Å²) in [6, 6.07) is 22.1. The number of carbonyl (C=O) groups excluding carboxylic acids is 1. The lowest BCUT2D eigenvalue weighted by atomic mass is 10.1. The first kappa shape index (κ1) is 21.4. The molecule has 0 aliphatic heterocycles. The van der Waals surface area contributed by atoms with Gasteiger partial charge in [0.2, 0.25) is 5.91 Å². The van der Waals surface area contributed by atoms with Crippen molar-refractivity contribution in [3.8, 4) is 0 Å². The minimum Gasteiger partial charge on any atom is -0.325 e. The molecule has 3 nitrogen and oxygen atoms in total. The zero-order valence-electron chi connectivity index (χ0n) is 16.8. The van der Waals surface area contributed by atoms with Crippen molar-refractivity contribution in [3.63, 3.8) is 0 Å². The highest BCUT2D eigenvalue weighted by Crippen LogP contribution is 2.31. The lowest BCUT2D eigenvalue weighted by Crippen LogP contribution is -2.30. The smallest absolute Gasteiger partial charge is 0.238 e. The van der Waals surface area contributed by atoms with Crippen molar-refractivity contribution in [3.05, 3.63) is 88.4 Å². The average molecular weight is 425 g/mol. The lowest BCUT2D eigenvalue weighted by molar-refractivity contribution is -0.115. The molecule has 3 aromatic carbocycles. The maximum absolute atomic E-state index is 12.3. The molecule has 0 heterocycles. The molecule has 0 saturated heterocycles. The van der Waals surface area contributed by atoms with Crippen molar-refractivity contribution in [1.29, 1.82) is 0 Å². The summed E-state index contributed by atoms with van der Waals surface area (Å²) in [5.41, 5.74) is 4.36. The van der Waals surface area contributed by atoms with Crippen molar-refractivity contribution in [2.75, 3.05) is 11.9 Å². The van der Waals surface area contributed by atoms with E-state index in [9.17, 15) is 4.79 Å². The van der Waals surface area contributed by atoms with E-state index in [1.54, 1.807) is 11.8 Å². The number of amides is 1. The summed E-state index contributed by atoms with van der Waals surface area (Å²) in [4.78, 5) is 14.7. The molecule has 0 spiro atoms. The van der Waals surface area contributed by atoms with Gasteiger partial charge in [-0.3, -0.25) is 4.79 Å². The van der Waals surface area contributed by atoms with Gasteiger partial charge >= 0.3 is 0 Å². The van der Waals surface area contributed by atoms with Crippen LogP contribution in [0.1, 0.15) is 29.7 Å². The van der Waals surface area contributed by atoms with Gasteiger partial charge in [0.1, 0.15) is 0 Å². The highest BCUT2D eigenvalue weighted by Gasteiger charge is 2.09. The maximum atomic E-state index is 12.3. The number of hydrogen-bond acceptors (Lipinski definition) is 3. The number of anilines is 1. The Hall–Kier alpha value is -2.27. The summed E-state index contributed by atoms with van der Waals surface area (Å²) in [6.45, 7) is 6.46. The van der Waals surface area contributed by atoms with Crippen LogP contribution >= 0.6 is 23.4 Å². The molecule has 29 heavy (non-hydrogen) atoms. The van der Waals surface area contributed by atoms with E-state index in [0.29, 0.717) is 5.02 Å². The van der Waals surface area contributed by atoms with Gasteiger partial charge < -0.3 is 10.6 Å². The predicted octanol–water partition coefficient (Wildman–Crippen LogP) is 6.40. The van der Waals surface area contributed by atoms with Crippen molar-refractivity contribution in [2.24, 2.45) is 0 Å². The SMILES string of the molecule is Cc1ccc(C)c(Sc2ccc(NC(=O)CN[C@@H](C)c3cccc(Cl)c3)cc2)c1. The Balaban J connectivity index is 1.52. The molecule has 0 saturated carbocycles. The Morgan fingerprint density at radius 3 is 2.52 bits per heavy atom. The fourth-order valence-corrected chi connectivity index (χ4v) is 4.09.